The predicted octanol–water partition coefficient (Wildman–Crippen LogP) is 4.29. The van der Waals surface area contributed by atoms with Crippen LogP contribution in [0.5, 0.6) is 5.75 Å². The van der Waals surface area contributed by atoms with Gasteiger partial charge in [0.1, 0.15) is 11.6 Å². The Balaban J connectivity index is 1.43. The Bertz CT molecular complexity index is 1210. The van der Waals surface area contributed by atoms with Crippen LogP contribution in [-0.4, -0.2) is 63.3 Å². The topological polar surface area (TPSA) is 89.8 Å². The number of carbonyl (C=O) groups is 1. The molecule has 0 spiro atoms. The van der Waals surface area contributed by atoms with Crippen molar-refractivity contribution in [2.24, 2.45) is 5.92 Å². The molecule has 1 saturated heterocycles. The molecule has 2 fully saturated rings. The Kier molecular flexibility index (Phi) is 6.86. The number of para-hydroxylation sites is 1. The van der Waals surface area contributed by atoms with Crippen LogP contribution in [0.2, 0.25) is 0 Å². The number of rotatable bonds is 6. The number of hydrogen-bond acceptors (Lipinski definition) is 6. The maximum Gasteiger partial charge on any atom is 0.222 e. The predicted molar refractivity (Wildman–Crippen MR) is 137 cm³/mol. The normalized spacial score (nSPS) is 19.0. The summed E-state index contributed by atoms with van der Waals surface area (Å²) in [5.74, 6) is 2.18. The Labute approximate surface area is 206 Å². The molecule has 3 aromatic rings. The number of aryl methyl sites for hydroxylation is 1. The number of benzene rings is 2. The highest BCUT2D eigenvalue weighted by Gasteiger charge is 2.32. The van der Waals surface area contributed by atoms with Crippen LogP contribution < -0.4 is 4.90 Å². The standard InChI is InChI=1S/C28H34N4O3/c1-19-10-12-22-24(16-19)29-27(23-8-4-5-9-25(23)34)30-28(22)32-15-14-31(17-21(32)18-33)26(35)13-11-20-6-2-3-7-20/h4-5,8-10,12,16,20-21,33-34H,2-3,6-7,11,13-15,17-18H2,1H3. The summed E-state index contributed by atoms with van der Waals surface area (Å²) in [5.41, 5.74) is 2.44. The highest BCUT2D eigenvalue weighted by molar-refractivity contribution is 5.92. The van der Waals surface area contributed by atoms with Gasteiger partial charge in [-0.1, -0.05) is 43.9 Å². The fourth-order valence-electron chi connectivity index (χ4n) is 5.53. The van der Waals surface area contributed by atoms with Crippen LogP contribution in [0, 0.1) is 12.8 Å². The minimum Gasteiger partial charge on any atom is -0.507 e. The van der Waals surface area contributed by atoms with Crippen molar-refractivity contribution in [1.29, 1.82) is 0 Å². The van der Waals surface area contributed by atoms with Gasteiger partial charge in [-0.15, -0.1) is 0 Å². The van der Waals surface area contributed by atoms with Gasteiger partial charge in [-0.05, 0) is 49.1 Å². The lowest BCUT2D eigenvalue weighted by Gasteiger charge is -2.42. The number of aromatic hydroxyl groups is 1. The second-order valence-electron chi connectivity index (χ2n) is 9.97. The van der Waals surface area contributed by atoms with E-state index in [0.29, 0.717) is 43.4 Å². The number of amides is 1. The van der Waals surface area contributed by atoms with E-state index in [2.05, 4.69) is 4.90 Å². The fraction of sp³-hybridized carbons (Fsp3) is 0.464. The van der Waals surface area contributed by atoms with Crippen LogP contribution in [0.3, 0.4) is 0 Å². The number of phenols is 1. The van der Waals surface area contributed by atoms with Crippen LogP contribution in [-0.2, 0) is 4.79 Å². The van der Waals surface area contributed by atoms with Gasteiger partial charge in [0.2, 0.25) is 5.91 Å². The molecule has 7 nitrogen and oxygen atoms in total. The highest BCUT2D eigenvalue weighted by atomic mass is 16.3. The number of piperazine rings is 1. The molecular formula is C28H34N4O3. The van der Waals surface area contributed by atoms with Crippen molar-refractivity contribution in [3.05, 3.63) is 48.0 Å². The molecule has 1 unspecified atom stereocenters. The quantitative estimate of drug-likeness (QED) is 0.554. The van der Waals surface area contributed by atoms with Gasteiger partial charge in [0.25, 0.3) is 0 Å². The van der Waals surface area contributed by atoms with Crippen LogP contribution in [0.4, 0.5) is 5.82 Å². The van der Waals surface area contributed by atoms with Crippen molar-refractivity contribution < 1.29 is 15.0 Å². The lowest BCUT2D eigenvalue weighted by atomic mass is 10.0. The van der Waals surface area contributed by atoms with E-state index in [4.69, 9.17) is 9.97 Å². The van der Waals surface area contributed by atoms with E-state index in [-0.39, 0.29) is 24.3 Å². The molecule has 2 N–H and O–H groups in total. The summed E-state index contributed by atoms with van der Waals surface area (Å²) in [6, 6.07) is 12.9. The van der Waals surface area contributed by atoms with Crippen molar-refractivity contribution in [1.82, 2.24) is 14.9 Å². The third-order valence-corrected chi connectivity index (χ3v) is 7.54. The number of nitrogens with zero attached hydrogens (tertiary/aromatic N) is 4. The third-order valence-electron chi connectivity index (χ3n) is 7.54. The number of hydrogen-bond donors (Lipinski definition) is 2. The summed E-state index contributed by atoms with van der Waals surface area (Å²) in [4.78, 5) is 26.6. The van der Waals surface area contributed by atoms with Crippen LogP contribution in [0.25, 0.3) is 22.3 Å². The van der Waals surface area contributed by atoms with E-state index in [1.165, 1.54) is 25.7 Å². The summed E-state index contributed by atoms with van der Waals surface area (Å²) < 4.78 is 0. The molecule has 1 aromatic heterocycles. The smallest absolute Gasteiger partial charge is 0.222 e. The van der Waals surface area contributed by atoms with Gasteiger partial charge in [0, 0.05) is 31.4 Å². The van der Waals surface area contributed by atoms with Gasteiger partial charge in [-0.25, -0.2) is 9.97 Å². The number of aliphatic hydroxyl groups excluding tert-OH is 1. The van der Waals surface area contributed by atoms with Crippen LogP contribution >= 0.6 is 0 Å². The molecule has 35 heavy (non-hydrogen) atoms. The van der Waals surface area contributed by atoms with E-state index in [1.807, 2.05) is 36.1 Å². The van der Waals surface area contributed by atoms with Gasteiger partial charge in [0.05, 0.1) is 23.7 Å². The Hall–Kier alpha value is -3.19. The second-order valence-corrected chi connectivity index (χ2v) is 9.97. The maximum atomic E-state index is 13.0. The first kappa shape index (κ1) is 23.5. The largest absolute Gasteiger partial charge is 0.507 e. The summed E-state index contributed by atoms with van der Waals surface area (Å²) in [5, 5.41) is 21.6. The number of phenolic OH excluding ortho intramolecular Hbond substituents is 1. The summed E-state index contributed by atoms with van der Waals surface area (Å²) in [6.07, 6.45) is 6.65. The number of fused-ring (bicyclic) bond motifs is 1. The first-order valence-corrected chi connectivity index (χ1v) is 12.8. The maximum absolute atomic E-state index is 13.0. The molecule has 184 valence electrons. The molecule has 1 saturated carbocycles. The van der Waals surface area contributed by atoms with Gasteiger partial charge in [-0.2, -0.15) is 0 Å². The van der Waals surface area contributed by atoms with E-state index in [0.717, 1.165) is 28.7 Å². The Morgan fingerprint density at radius 1 is 1.09 bits per heavy atom. The monoisotopic (exact) mass is 474 g/mol. The van der Waals surface area contributed by atoms with Crippen LogP contribution in [0.15, 0.2) is 42.5 Å². The van der Waals surface area contributed by atoms with Crippen LogP contribution in [0.1, 0.15) is 44.1 Å². The Morgan fingerprint density at radius 2 is 1.89 bits per heavy atom. The van der Waals surface area contributed by atoms with E-state index in [9.17, 15) is 15.0 Å². The summed E-state index contributed by atoms with van der Waals surface area (Å²) >= 11 is 0. The zero-order valence-corrected chi connectivity index (χ0v) is 20.4. The lowest BCUT2D eigenvalue weighted by Crippen LogP contribution is -2.56. The average molecular weight is 475 g/mol. The summed E-state index contributed by atoms with van der Waals surface area (Å²) in [7, 11) is 0. The zero-order valence-electron chi connectivity index (χ0n) is 20.4. The SMILES string of the molecule is Cc1ccc2c(N3CCN(C(=O)CCC4CCCC4)CC3CO)nc(-c3ccccc3O)nc2c1. The molecule has 2 aliphatic rings. The molecule has 1 aliphatic heterocycles. The van der Waals surface area contributed by atoms with E-state index in [1.54, 1.807) is 18.2 Å². The molecule has 1 atom stereocenters. The molecule has 1 aliphatic carbocycles. The lowest BCUT2D eigenvalue weighted by molar-refractivity contribution is -0.132. The van der Waals surface area contributed by atoms with Gasteiger partial charge in [-0.3, -0.25) is 4.79 Å². The van der Waals surface area contributed by atoms with Gasteiger partial charge < -0.3 is 20.0 Å². The highest BCUT2D eigenvalue weighted by Crippen LogP contribution is 2.34. The van der Waals surface area contributed by atoms with E-state index >= 15 is 0 Å². The van der Waals surface area contributed by atoms with Crippen molar-refractivity contribution in [3.63, 3.8) is 0 Å². The summed E-state index contributed by atoms with van der Waals surface area (Å²) in [6.45, 7) is 3.61. The molecule has 0 radical (unpaired) electrons. The first-order valence-electron chi connectivity index (χ1n) is 12.8. The molecule has 1 amide bonds. The van der Waals surface area contributed by atoms with Gasteiger partial charge >= 0.3 is 0 Å². The minimum atomic E-state index is -0.254. The molecule has 7 heteroatoms. The molecule has 2 aromatic carbocycles. The molecule has 0 bridgehead atoms. The average Bonchev–Trinajstić information content (AvgIpc) is 3.40. The molecule has 5 rings (SSSR count). The number of aromatic nitrogens is 2. The number of anilines is 1. The van der Waals surface area contributed by atoms with Crippen molar-refractivity contribution in [3.8, 4) is 17.1 Å². The van der Waals surface area contributed by atoms with Crippen molar-refractivity contribution in [2.75, 3.05) is 31.1 Å². The van der Waals surface area contributed by atoms with Crippen molar-refractivity contribution in [2.45, 2.75) is 51.5 Å². The Morgan fingerprint density at radius 3 is 2.66 bits per heavy atom. The molecular weight excluding hydrogens is 440 g/mol. The zero-order chi connectivity index (χ0) is 24.4. The third kappa shape index (κ3) is 4.96. The van der Waals surface area contributed by atoms with E-state index < -0.39 is 0 Å². The van der Waals surface area contributed by atoms with Gasteiger partial charge in [0.15, 0.2) is 5.82 Å². The fourth-order valence-corrected chi connectivity index (χ4v) is 5.53. The molecule has 2 heterocycles. The number of aliphatic hydroxyl groups is 1. The second kappa shape index (κ2) is 10.2. The van der Waals surface area contributed by atoms with Crippen molar-refractivity contribution >= 4 is 22.6 Å². The first-order chi connectivity index (χ1) is 17.0. The number of carbonyl (C=O) groups excluding carboxylic acids is 1. The minimum absolute atomic E-state index is 0.0737.